The summed E-state index contributed by atoms with van der Waals surface area (Å²) in [5, 5.41) is 9.76. The van der Waals surface area contributed by atoms with Crippen LogP contribution in [0.1, 0.15) is 27.2 Å². The molecule has 1 saturated heterocycles. The lowest BCUT2D eigenvalue weighted by molar-refractivity contribution is 0.176. The number of aliphatic hydroxyl groups excluding tert-OH is 1. The Labute approximate surface area is 117 Å². The molecule has 6 heteroatoms. The summed E-state index contributed by atoms with van der Waals surface area (Å²) in [5.74, 6) is 0.160. The highest BCUT2D eigenvalue weighted by Gasteiger charge is 2.34. The van der Waals surface area contributed by atoms with Gasteiger partial charge >= 0.3 is 0 Å². The van der Waals surface area contributed by atoms with Crippen LogP contribution in [0.5, 0.6) is 0 Å². The van der Waals surface area contributed by atoms with Crippen LogP contribution in [0.3, 0.4) is 0 Å². The van der Waals surface area contributed by atoms with E-state index < -0.39 is 14.6 Å². The normalized spacial score (nSPS) is 26.3. The summed E-state index contributed by atoms with van der Waals surface area (Å²) in [5.41, 5.74) is 0. The van der Waals surface area contributed by atoms with Gasteiger partial charge in [-0.2, -0.15) is 0 Å². The van der Waals surface area contributed by atoms with Crippen molar-refractivity contribution in [1.29, 1.82) is 0 Å². The van der Waals surface area contributed by atoms with Crippen LogP contribution in [0.15, 0.2) is 0 Å². The molecule has 2 atom stereocenters. The van der Waals surface area contributed by atoms with Crippen molar-refractivity contribution in [3.8, 4) is 0 Å². The van der Waals surface area contributed by atoms with Gasteiger partial charge in [0.15, 0.2) is 9.84 Å². The molecule has 0 aliphatic carbocycles. The molecule has 0 saturated carbocycles. The Bertz CT molecular complexity index is 387. The van der Waals surface area contributed by atoms with E-state index in [9.17, 15) is 13.5 Å². The number of nitrogens with zero attached hydrogens (tertiary/aromatic N) is 2. The van der Waals surface area contributed by atoms with Gasteiger partial charge in [0.2, 0.25) is 0 Å². The summed E-state index contributed by atoms with van der Waals surface area (Å²) in [6.07, 6.45) is 0.399. The van der Waals surface area contributed by atoms with Crippen molar-refractivity contribution in [2.45, 2.75) is 44.1 Å². The van der Waals surface area contributed by atoms with E-state index in [1.807, 2.05) is 14.1 Å². The third kappa shape index (κ3) is 4.70. The average molecular weight is 292 g/mol. The Morgan fingerprint density at radius 1 is 1.32 bits per heavy atom. The van der Waals surface area contributed by atoms with Crippen molar-refractivity contribution in [3.63, 3.8) is 0 Å². The maximum Gasteiger partial charge on any atom is 0.156 e. The van der Waals surface area contributed by atoms with Crippen molar-refractivity contribution in [1.82, 2.24) is 9.80 Å². The number of likely N-dealkylation sites (tertiary alicyclic amines) is 1. The molecule has 0 aromatic heterocycles. The molecular formula is C13H28N2O3S. The van der Waals surface area contributed by atoms with E-state index in [2.05, 4.69) is 9.80 Å². The molecule has 0 amide bonds. The Morgan fingerprint density at radius 3 is 2.37 bits per heavy atom. The van der Waals surface area contributed by atoms with E-state index >= 15 is 0 Å². The van der Waals surface area contributed by atoms with Crippen LogP contribution in [-0.4, -0.2) is 79.7 Å². The van der Waals surface area contributed by atoms with E-state index in [1.165, 1.54) is 0 Å². The highest BCUT2D eigenvalue weighted by Crippen LogP contribution is 2.21. The van der Waals surface area contributed by atoms with Gasteiger partial charge in [-0.15, -0.1) is 0 Å². The molecular weight excluding hydrogens is 264 g/mol. The first-order valence-corrected chi connectivity index (χ1v) is 8.47. The molecule has 1 aliphatic rings. The maximum absolute atomic E-state index is 12.1. The summed E-state index contributed by atoms with van der Waals surface area (Å²) in [4.78, 5) is 4.18. The topological polar surface area (TPSA) is 60.9 Å². The second-order valence-corrected chi connectivity index (χ2v) is 9.59. The molecule has 0 bridgehead atoms. The van der Waals surface area contributed by atoms with E-state index in [0.29, 0.717) is 13.1 Å². The minimum atomic E-state index is -3.09. The molecule has 0 spiro atoms. The van der Waals surface area contributed by atoms with Gasteiger partial charge in [-0.25, -0.2) is 8.42 Å². The van der Waals surface area contributed by atoms with Crippen molar-refractivity contribution in [2.75, 3.05) is 39.5 Å². The largest absolute Gasteiger partial charge is 0.392 e. The molecule has 1 aliphatic heterocycles. The third-order valence-electron chi connectivity index (χ3n) is 3.66. The number of hydrogen-bond acceptors (Lipinski definition) is 5. The van der Waals surface area contributed by atoms with Crippen molar-refractivity contribution < 1.29 is 13.5 Å². The predicted octanol–water partition coefficient (Wildman–Crippen LogP) is 0.197. The number of rotatable bonds is 5. The van der Waals surface area contributed by atoms with Crippen molar-refractivity contribution >= 4 is 9.84 Å². The van der Waals surface area contributed by atoms with Gasteiger partial charge in [0.1, 0.15) is 0 Å². The summed E-state index contributed by atoms with van der Waals surface area (Å²) in [6.45, 7) is 7.15. The van der Waals surface area contributed by atoms with Gasteiger partial charge in [-0.1, -0.05) is 0 Å². The van der Waals surface area contributed by atoms with E-state index in [0.717, 1.165) is 13.0 Å². The summed E-state index contributed by atoms with van der Waals surface area (Å²) < 4.78 is 23.5. The van der Waals surface area contributed by atoms with Crippen LogP contribution in [-0.2, 0) is 9.84 Å². The molecule has 2 unspecified atom stereocenters. The third-order valence-corrected chi connectivity index (χ3v) is 6.25. The zero-order chi connectivity index (χ0) is 14.8. The highest BCUT2D eigenvalue weighted by molar-refractivity contribution is 7.92. The lowest BCUT2D eigenvalue weighted by Crippen LogP contribution is -2.42. The quantitative estimate of drug-likeness (QED) is 0.784. The maximum atomic E-state index is 12.1. The minimum Gasteiger partial charge on any atom is -0.392 e. The fourth-order valence-electron chi connectivity index (χ4n) is 2.39. The summed E-state index contributed by atoms with van der Waals surface area (Å²) in [6, 6.07) is 0.250. The highest BCUT2D eigenvalue weighted by atomic mass is 32.2. The molecule has 1 rings (SSSR count). The SMILES string of the molecule is CN(C)CC1CC(O)CN1CCS(=O)(=O)C(C)(C)C. The Balaban J connectivity index is 2.61. The standard InChI is InChI=1S/C13H28N2O3S/c1-13(2,3)19(17,18)7-6-15-10-12(16)8-11(15)9-14(4)5/h11-12,16H,6-10H2,1-5H3. The zero-order valence-corrected chi connectivity index (χ0v) is 13.6. The van der Waals surface area contributed by atoms with Crippen molar-refractivity contribution in [3.05, 3.63) is 0 Å². The van der Waals surface area contributed by atoms with Crippen LogP contribution < -0.4 is 0 Å². The Hall–Kier alpha value is -0.170. The van der Waals surface area contributed by atoms with Crippen LogP contribution in [0, 0.1) is 0 Å². The molecule has 1 heterocycles. The lowest BCUT2D eigenvalue weighted by atomic mass is 10.2. The van der Waals surface area contributed by atoms with Gasteiger partial charge < -0.3 is 10.0 Å². The van der Waals surface area contributed by atoms with Crippen LogP contribution in [0.25, 0.3) is 0 Å². The van der Waals surface area contributed by atoms with Gasteiger partial charge in [0.25, 0.3) is 0 Å². The predicted molar refractivity (Wildman–Crippen MR) is 78.1 cm³/mol. The molecule has 19 heavy (non-hydrogen) atoms. The first-order valence-electron chi connectivity index (χ1n) is 6.82. The Kier molecular flexibility index (Phi) is 5.40. The smallest absolute Gasteiger partial charge is 0.156 e. The van der Waals surface area contributed by atoms with Gasteiger partial charge in [-0.05, 0) is 41.3 Å². The van der Waals surface area contributed by atoms with E-state index in [4.69, 9.17) is 0 Å². The number of hydrogen-bond donors (Lipinski definition) is 1. The molecule has 0 aromatic carbocycles. The van der Waals surface area contributed by atoms with Gasteiger partial charge in [-0.3, -0.25) is 4.90 Å². The molecule has 0 aromatic rings. The molecule has 0 radical (unpaired) electrons. The summed E-state index contributed by atoms with van der Waals surface area (Å²) >= 11 is 0. The number of β-amino-alcohol motifs (C(OH)–C–C–N with tert-alkyl or cyclic N) is 1. The first kappa shape index (κ1) is 16.9. The molecule has 5 nitrogen and oxygen atoms in total. The number of likely N-dealkylation sites (N-methyl/N-ethyl adjacent to an activating group) is 1. The monoisotopic (exact) mass is 292 g/mol. The average Bonchev–Trinajstić information content (AvgIpc) is 2.53. The van der Waals surface area contributed by atoms with Gasteiger partial charge in [0, 0.05) is 25.7 Å². The second-order valence-electron chi connectivity index (χ2n) is 6.73. The van der Waals surface area contributed by atoms with Crippen LogP contribution in [0.2, 0.25) is 0 Å². The second kappa shape index (κ2) is 6.08. The molecule has 1 N–H and O–H groups in total. The number of sulfone groups is 1. The minimum absolute atomic E-state index is 0.160. The molecule has 1 fully saturated rings. The van der Waals surface area contributed by atoms with Crippen molar-refractivity contribution in [2.24, 2.45) is 0 Å². The van der Waals surface area contributed by atoms with Crippen LogP contribution in [0.4, 0.5) is 0 Å². The fraction of sp³-hybridized carbons (Fsp3) is 1.00. The summed E-state index contributed by atoms with van der Waals surface area (Å²) in [7, 11) is 0.898. The Morgan fingerprint density at radius 2 is 1.89 bits per heavy atom. The molecule has 114 valence electrons. The van der Waals surface area contributed by atoms with Gasteiger partial charge in [0.05, 0.1) is 16.6 Å². The first-order chi connectivity index (χ1) is 8.53. The van der Waals surface area contributed by atoms with E-state index in [-0.39, 0.29) is 17.9 Å². The fourth-order valence-corrected chi connectivity index (χ4v) is 3.47. The number of aliphatic hydroxyl groups is 1. The van der Waals surface area contributed by atoms with Crippen LogP contribution >= 0.6 is 0 Å². The zero-order valence-electron chi connectivity index (χ0n) is 12.8. The van der Waals surface area contributed by atoms with E-state index in [1.54, 1.807) is 20.8 Å². The lowest BCUT2D eigenvalue weighted by Gasteiger charge is -2.28.